The lowest BCUT2D eigenvalue weighted by Crippen LogP contribution is -2.01. The Morgan fingerprint density at radius 1 is 1.03 bits per heavy atom. The minimum atomic E-state index is -0.967. The second-order valence-corrected chi connectivity index (χ2v) is 6.84. The lowest BCUT2D eigenvalue weighted by molar-refractivity contribution is 0.0696. The quantitative estimate of drug-likeness (QED) is 0.418. The monoisotopic (exact) mass is 412 g/mol. The number of aromatic nitrogens is 1. The minimum absolute atomic E-state index is 0.226. The highest BCUT2D eigenvalue weighted by atomic mass is 16.5. The number of hydrogen-bond donors (Lipinski definition) is 1. The molecule has 0 saturated heterocycles. The molecule has 0 bridgehead atoms. The number of benzene rings is 3. The molecule has 0 spiro atoms. The fourth-order valence-electron chi connectivity index (χ4n) is 3.13. The predicted molar refractivity (Wildman–Crippen MR) is 120 cm³/mol. The molecule has 1 heterocycles. The van der Waals surface area contributed by atoms with Gasteiger partial charge in [0.25, 0.3) is 0 Å². The van der Waals surface area contributed by atoms with Gasteiger partial charge >= 0.3 is 5.97 Å². The molecule has 0 aliphatic carbocycles. The van der Waals surface area contributed by atoms with Crippen LogP contribution in [0.3, 0.4) is 0 Å². The third-order valence-electron chi connectivity index (χ3n) is 4.71. The number of aliphatic imine (C=N–C) groups is 1. The number of nitrogens with zero attached hydrogens (tertiary/aromatic N) is 2. The summed E-state index contributed by atoms with van der Waals surface area (Å²) in [6.07, 6.45) is 3.53. The van der Waals surface area contributed by atoms with E-state index in [-0.39, 0.29) is 12.2 Å². The van der Waals surface area contributed by atoms with E-state index in [4.69, 9.17) is 14.6 Å². The fraction of sp³-hybridized carbons (Fsp3) is 0.0800. The Morgan fingerprint density at radius 2 is 1.94 bits per heavy atom. The summed E-state index contributed by atoms with van der Waals surface area (Å²) in [7, 11) is 1.57. The molecule has 0 fully saturated rings. The van der Waals surface area contributed by atoms with E-state index in [1.807, 2.05) is 54.6 Å². The number of carboxylic acids is 1. The number of rotatable bonds is 7. The zero-order chi connectivity index (χ0) is 21.6. The van der Waals surface area contributed by atoms with Crippen molar-refractivity contribution in [1.82, 2.24) is 4.98 Å². The Bertz CT molecular complexity index is 1270. The second kappa shape index (κ2) is 9.09. The molecule has 4 aromatic rings. The smallest absolute Gasteiger partial charge is 0.335 e. The van der Waals surface area contributed by atoms with Crippen molar-refractivity contribution in [3.8, 4) is 11.5 Å². The van der Waals surface area contributed by atoms with Gasteiger partial charge in [0, 0.05) is 17.8 Å². The van der Waals surface area contributed by atoms with Gasteiger partial charge in [-0.2, -0.15) is 0 Å². The van der Waals surface area contributed by atoms with E-state index >= 15 is 0 Å². The normalized spacial score (nSPS) is 11.0. The average Bonchev–Trinajstić information content (AvgIpc) is 2.81. The van der Waals surface area contributed by atoms with E-state index in [0.29, 0.717) is 11.5 Å². The Balaban J connectivity index is 1.48. The molecule has 31 heavy (non-hydrogen) atoms. The van der Waals surface area contributed by atoms with Crippen LogP contribution in [0.1, 0.15) is 21.5 Å². The van der Waals surface area contributed by atoms with Gasteiger partial charge in [-0.3, -0.25) is 9.98 Å². The molecule has 1 aromatic heterocycles. The Morgan fingerprint density at radius 3 is 2.77 bits per heavy atom. The Kier molecular flexibility index (Phi) is 5.89. The minimum Gasteiger partial charge on any atom is -0.493 e. The van der Waals surface area contributed by atoms with E-state index in [0.717, 1.165) is 27.7 Å². The third kappa shape index (κ3) is 4.87. The number of aromatic carboxylic acids is 1. The molecule has 0 amide bonds. The first kappa shape index (κ1) is 20.1. The van der Waals surface area contributed by atoms with Gasteiger partial charge in [0.05, 0.1) is 23.9 Å². The maximum atomic E-state index is 11.1. The summed E-state index contributed by atoms with van der Waals surface area (Å²) < 4.78 is 11.3. The molecule has 154 valence electrons. The zero-order valence-corrected chi connectivity index (χ0v) is 16.9. The van der Waals surface area contributed by atoms with Gasteiger partial charge < -0.3 is 14.6 Å². The van der Waals surface area contributed by atoms with Crippen LogP contribution in [0.25, 0.3) is 10.9 Å². The SMILES string of the molecule is COc1cc(C=Nc2ccc3ncccc3c2)ccc1OCc1cccc(C(=O)O)c1. The molecule has 0 atom stereocenters. The highest BCUT2D eigenvalue weighted by molar-refractivity contribution is 5.88. The fourth-order valence-corrected chi connectivity index (χ4v) is 3.13. The Hall–Kier alpha value is -4.19. The van der Waals surface area contributed by atoms with Crippen LogP contribution in [0, 0.1) is 0 Å². The summed E-state index contributed by atoms with van der Waals surface area (Å²) in [4.78, 5) is 20.0. The van der Waals surface area contributed by atoms with Crippen LogP contribution < -0.4 is 9.47 Å². The molecular weight excluding hydrogens is 392 g/mol. The lowest BCUT2D eigenvalue weighted by Gasteiger charge is -2.11. The van der Waals surface area contributed by atoms with Gasteiger partial charge in [-0.05, 0) is 65.7 Å². The lowest BCUT2D eigenvalue weighted by atomic mass is 10.1. The molecule has 0 saturated carbocycles. The van der Waals surface area contributed by atoms with E-state index in [9.17, 15) is 4.79 Å². The molecule has 3 aromatic carbocycles. The van der Waals surface area contributed by atoms with Crippen LogP contribution in [0.4, 0.5) is 5.69 Å². The average molecular weight is 412 g/mol. The molecule has 6 nitrogen and oxygen atoms in total. The molecule has 6 heteroatoms. The van der Waals surface area contributed by atoms with Crippen LogP contribution in [0.15, 0.2) is 84.0 Å². The highest BCUT2D eigenvalue weighted by Gasteiger charge is 2.08. The van der Waals surface area contributed by atoms with E-state index in [2.05, 4.69) is 9.98 Å². The van der Waals surface area contributed by atoms with E-state index in [1.165, 1.54) is 0 Å². The van der Waals surface area contributed by atoms with Gasteiger partial charge in [0.2, 0.25) is 0 Å². The topological polar surface area (TPSA) is 81.0 Å². The van der Waals surface area contributed by atoms with Crippen molar-refractivity contribution in [2.75, 3.05) is 7.11 Å². The van der Waals surface area contributed by atoms with Crippen molar-refractivity contribution in [3.63, 3.8) is 0 Å². The van der Waals surface area contributed by atoms with E-state index < -0.39 is 5.97 Å². The Labute approximate surface area is 179 Å². The molecule has 1 N–H and O–H groups in total. The number of ether oxygens (including phenoxy) is 2. The number of pyridine rings is 1. The van der Waals surface area contributed by atoms with Gasteiger partial charge in [0.1, 0.15) is 6.61 Å². The third-order valence-corrected chi connectivity index (χ3v) is 4.71. The second-order valence-electron chi connectivity index (χ2n) is 6.84. The van der Waals surface area contributed by atoms with Crippen LogP contribution in [0.2, 0.25) is 0 Å². The summed E-state index contributed by atoms with van der Waals surface area (Å²) in [5, 5.41) is 10.1. The number of hydrogen-bond acceptors (Lipinski definition) is 5. The zero-order valence-electron chi connectivity index (χ0n) is 16.9. The number of carboxylic acid groups (broad SMARTS) is 1. The van der Waals surface area contributed by atoms with Crippen molar-refractivity contribution < 1.29 is 19.4 Å². The van der Waals surface area contributed by atoms with Crippen LogP contribution in [0.5, 0.6) is 11.5 Å². The van der Waals surface area contributed by atoms with Crippen LogP contribution in [-0.4, -0.2) is 29.4 Å². The molecule has 4 rings (SSSR count). The number of fused-ring (bicyclic) bond motifs is 1. The summed E-state index contributed by atoms with van der Waals surface area (Å²) in [6.45, 7) is 0.232. The van der Waals surface area contributed by atoms with Crippen molar-refractivity contribution in [1.29, 1.82) is 0 Å². The highest BCUT2D eigenvalue weighted by Crippen LogP contribution is 2.29. The van der Waals surface area contributed by atoms with Crippen molar-refractivity contribution >= 4 is 28.8 Å². The molecule has 0 aliphatic heterocycles. The van der Waals surface area contributed by atoms with Crippen molar-refractivity contribution in [2.45, 2.75) is 6.61 Å². The van der Waals surface area contributed by atoms with Gasteiger partial charge in [0.15, 0.2) is 11.5 Å². The maximum absolute atomic E-state index is 11.1. The summed E-state index contributed by atoms with van der Waals surface area (Å²) in [5.41, 5.74) is 3.61. The first-order chi connectivity index (χ1) is 15.1. The molecule has 0 aliphatic rings. The largest absolute Gasteiger partial charge is 0.493 e. The van der Waals surface area contributed by atoms with Gasteiger partial charge in [-0.25, -0.2) is 4.79 Å². The van der Waals surface area contributed by atoms with Gasteiger partial charge in [-0.15, -0.1) is 0 Å². The first-order valence-electron chi connectivity index (χ1n) is 9.64. The standard InChI is InChI=1S/C25H20N2O4/c1-30-24-13-17(15-27-21-8-9-22-19(14-21)6-3-11-26-22)7-10-23(24)31-16-18-4-2-5-20(12-18)25(28)29/h2-15H,16H2,1H3,(H,28,29). The van der Waals surface area contributed by atoms with Crippen LogP contribution >= 0.6 is 0 Å². The molecular formula is C25H20N2O4. The molecule has 0 radical (unpaired) electrons. The van der Waals surface area contributed by atoms with Crippen molar-refractivity contribution in [3.05, 3.63) is 95.7 Å². The summed E-state index contributed by atoms with van der Waals surface area (Å²) >= 11 is 0. The first-order valence-corrected chi connectivity index (χ1v) is 9.64. The van der Waals surface area contributed by atoms with E-state index in [1.54, 1.807) is 37.7 Å². The molecule has 0 unspecified atom stereocenters. The number of methoxy groups -OCH3 is 1. The van der Waals surface area contributed by atoms with Gasteiger partial charge in [-0.1, -0.05) is 18.2 Å². The maximum Gasteiger partial charge on any atom is 0.335 e. The summed E-state index contributed by atoms with van der Waals surface area (Å²) in [6, 6.07) is 21.9. The number of carbonyl (C=O) groups is 1. The summed E-state index contributed by atoms with van der Waals surface area (Å²) in [5.74, 6) is 0.170. The predicted octanol–water partition coefficient (Wildman–Crippen LogP) is 5.27. The van der Waals surface area contributed by atoms with Crippen molar-refractivity contribution in [2.24, 2.45) is 4.99 Å². The van der Waals surface area contributed by atoms with Crippen LogP contribution in [-0.2, 0) is 6.61 Å².